The molecule has 4 heterocycles. The fraction of sp³-hybridized carbons (Fsp3) is 0.526. The van der Waals surface area contributed by atoms with E-state index in [0.717, 1.165) is 33.0 Å². The second kappa shape index (κ2) is 15.0. The van der Waals surface area contributed by atoms with E-state index >= 15 is 0 Å². The van der Waals surface area contributed by atoms with Crippen molar-refractivity contribution in [2.75, 3.05) is 37.6 Å². The Kier molecular flexibility index (Phi) is 11.1. The summed E-state index contributed by atoms with van der Waals surface area (Å²) in [5.74, 6) is -0.170. The van der Waals surface area contributed by atoms with E-state index in [1.807, 2.05) is 38.1 Å². The third-order valence-corrected chi connectivity index (χ3v) is 9.16. The van der Waals surface area contributed by atoms with Gasteiger partial charge in [0, 0.05) is 48.1 Å². The van der Waals surface area contributed by atoms with Crippen LogP contribution in [0, 0.1) is 13.8 Å². The van der Waals surface area contributed by atoms with Crippen molar-refractivity contribution in [2.24, 2.45) is 0 Å². The van der Waals surface area contributed by atoms with Gasteiger partial charge in [0.2, 0.25) is 11.9 Å². The summed E-state index contributed by atoms with van der Waals surface area (Å²) in [6.07, 6.45) is 1.17. The van der Waals surface area contributed by atoms with Crippen molar-refractivity contribution in [1.82, 2.24) is 29.7 Å². The number of anilines is 2. The highest BCUT2D eigenvalue weighted by molar-refractivity contribution is 5.81. The van der Waals surface area contributed by atoms with Gasteiger partial charge in [-0.1, -0.05) is 0 Å². The fourth-order valence-electron chi connectivity index (χ4n) is 6.74. The SMILES string of the molecule is Cc1cc2cnc(N)nc2cc1[C@H]1CCN(C(=O)OC(C)(C)C)C[C@@H]1F.Cc1cc2cnc(N)nc2cc1[C@H]1CCN(C(=O)OC(C)(C)C)C[C@@H]1F. The van der Waals surface area contributed by atoms with Crippen molar-refractivity contribution in [3.63, 3.8) is 0 Å². The quantitative estimate of drug-likeness (QED) is 0.217. The van der Waals surface area contributed by atoms with Crippen molar-refractivity contribution in [3.05, 3.63) is 58.9 Å². The van der Waals surface area contributed by atoms with Crippen LogP contribution in [-0.4, -0.2) is 91.6 Å². The maximum atomic E-state index is 14.9. The summed E-state index contributed by atoms with van der Waals surface area (Å²) < 4.78 is 40.6. The Bertz CT molecular complexity index is 1810. The van der Waals surface area contributed by atoms with Crippen LogP contribution in [0.3, 0.4) is 0 Å². The van der Waals surface area contributed by atoms with Gasteiger partial charge < -0.3 is 30.7 Å². The Morgan fingerprint density at radius 1 is 0.692 bits per heavy atom. The van der Waals surface area contributed by atoms with Gasteiger partial charge in [0.05, 0.1) is 24.1 Å². The molecule has 52 heavy (non-hydrogen) atoms. The zero-order chi connectivity index (χ0) is 38.1. The zero-order valence-corrected chi connectivity index (χ0v) is 31.2. The number of likely N-dealkylation sites (tertiary alicyclic amines) is 2. The zero-order valence-electron chi connectivity index (χ0n) is 31.2. The van der Waals surface area contributed by atoms with Gasteiger partial charge in [0.25, 0.3) is 0 Å². The lowest BCUT2D eigenvalue weighted by Crippen LogP contribution is -2.46. The van der Waals surface area contributed by atoms with E-state index in [-0.39, 0.29) is 36.8 Å². The number of carbonyl (C=O) groups is 2. The first-order valence-corrected chi connectivity index (χ1v) is 17.6. The van der Waals surface area contributed by atoms with Gasteiger partial charge >= 0.3 is 12.2 Å². The normalized spacial score (nSPS) is 21.0. The topological polar surface area (TPSA) is 163 Å². The molecule has 6 rings (SSSR count). The van der Waals surface area contributed by atoms with E-state index in [0.29, 0.717) is 37.0 Å². The Hall–Kier alpha value is -4.88. The molecule has 4 atom stereocenters. The number of amides is 2. The summed E-state index contributed by atoms with van der Waals surface area (Å²) in [5.41, 5.74) is 15.4. The number of carbonyl (C=O) groups excluding carboxylic acids is 2. The van der Waals surface area contributed by atoms with Crippen molar-refractivity contribution in [2.45, 2.75) is 104 Å². The molecular weight excluding hydrogens is 670 g/mol. The molecule has 0 aliphatic carbocycles. The second-order valence-electron chi connectivity index (χ2n) is 15.7. The van der Waals surface area contributed by atoms with E-state index in [1.54, 1.807) is 53.9 Å². The number of alkyl halides is 2. The number of nitrogen functional groups attached to an aromatic ring is 2. The number of benzene rings is 2. The minimum absolute atomic E-state index is 0.0307. The molecule has 280 valence electrons. The highest BCUT2D eigenvalue weighted by Crippen LogP contribution is 2.36. The average Bonchev–Trinajstić information content (AvgIpc) is 3.03. The Morgan fingerprint density at radius 3 is 1.38 bits per heavy atom. The number of ether oxygens (including phenoxy) is 2. The van der Waals surface area contributed by atoms with E-state index in [4.69, 9.17) is 20.9 Å². The molecule has 4 aromatic rings. The fourth-order valence-corrected chi connectivity index (χ4v) is 6.74. The van der Waals surface area contributed by atoms with Crippen LogP contribution in [0.25, 0.3) is 21.8 Å². The van der Waals surface area contributed by atoms with Crippen LogP contribution < -0.4 is 11.5 Å². The van der Waals surface area contributed by atoms with Gasteiger partial charge in [-0.15, -0.1) is 0 Å². The first kappa shape index (κ1) is 38.4. The molecule has 4 N–H and O–H groups in total. The van der Waals surface area contributed by atoms with Gasteiger partial charge in [0.1, 0.15) is 23.5 Å². The molecule has 2 aromatic carbocycles. The van der Waals surface area contributed by atoms with E-state index in [2.05, 4.69) is 19.9 Å². The minimum Gasteiger partial charge on any atom is -0.444 e. The molecule has 0 radical (unpaired) electrons. The number of nitrogens with zero attached hydrogens (tertiary/aromatic N) is 6. The van der Waals surface area contributed by atoms with E-state index in [9.17, 15) is 18.4 Å². The Morgan fingerprint density at radius 2 is 1.06 bits per heavy atom. The predicted molar refractivity (Wildman–Crippen MR) is 197 cm³/mol. The number of hydrogen-bond donors (Lipinski definition) is 2. The largest absolute Gasteiger partial charge is 0.444 e. The third kappa shape index (κ3) is 9.31. The summed E-state index contributed by atoms with van der Waals surface area (Å²) in [4.78, 5) is 43.7. The van der Waals surface area contributed by atoms with Crippen LogP contribution in [0.4, 0.5) is 30.3 Å². The molecule has 2 aliphatic heterocycles. The molecule has 0 saturated carbocycles. The summed E-state index contributed by atoms with van der Waals surface area (Å²) in [5, 5.41) is 1.75. The van der Waals surface area contributed by atoms with Gasteiger partial charge in [-0.05, 0) is 115 Å². The van der Waals surface area contributed by atoms with Gasteiger partial charge in [-0.3, -0.25) is 0 Å². The number of piperidine rings is 2. The maximum absolute atomic E-state index is 14.9. The van der Waals surface area contributed by atoms with Gasteiger partial charge in [-0.2, -0.15) is 0 Å². The molecule has 0 unspecified atom stereocenters. The first-order valence-electron chi connectivity index (χ1n) is 17.6. The number of hydrogen-bond acceptors (Lipinski definition) is 10. The van der Waals surface area contributed by atoms with Gasteiger partial charge in [0.15, 0.2) is 0 Å². The lowest BCUT2D eigenvalue weighted by atomic mass is 9.85. The minimum atomic E-state index is -1.16. The number of fused-ring (bicyclic) bond motifs is 2. The Balaban J connectivity index is 0.000000201. The Labute approximate surface area is 303 Å². The lowest BCUT2D eigenvalue weighted by molar-refractivity contribution is 0.0103. The van der Waals surface area contributed by atoms with Crippen molar-refractivity contribution < 1.29 is 27.8 Å². The lowest BCUT2D eigenvalue weighted by Gasteiger charge is -2.36. The van der Waals surface area contributed by atoms with Crippen LogP contribution in [0.2, 0.25) is 0 Å². The van der Waals surface area contributed by atoms with E-state index < -0.39 is 35.7 Å². The molecule has 2 aliphatic rings. The van der Waals surface area contributed by atoms with Gasteiger partial charge in [-0.25, -0.2) is 38.3 Å². The summed E-state index contributed by atoms with van der Waals surface area (Å²) >= 11 is 0. The molecule has 2 fully saturated rings. The number of rotatable bonds is 2. The van der Waals surface area contributed by atoms with Crippen LogP contribution in [-0.2, 0) is 9.47 Å². The number of aryl methyl sites for hydroxylation is 2. The molecule has 2 aromatic heterocycles. The number of nitrogens with two attached hydrogens (primary N) is 2. The van der Waals surface area contributed by atoms with Crippen LogP contribution in [0.15, 0.2) is 36.7 Å². The summed E-state index contributed by atoms with van der Waals surface area (Å²) in [6.45, 7) is 15.7. The smallest absolute Gasteiger partial charge is 0.410 e. The molecule has 12 nitrogen and oxygen atoms in total. The standard InChI is InChI=1S/2C19H25FN4O2/c2*1-11-7-12-9-22-17(21)23-16(12)8-14(11)13-5-6-24(10-15(13)20)18(25)26-19(2,3)4/h2*7-9,13,15H,5-6,10H2,1-4H3,(H2,21,22,23)/t2*13-,15+/m11/s1. The van der Waals surface area contributed by atoms with Crippen molar-refractivity contribution in [1.29, 1.82) is 0 Å². The van der Waals surface area contributed by atoms with Crippen LogP contribution in [0.1, 0.15) is 88.5 Å². The molecule has 0 spiro atoms. The highest BCUT2D eigenvalue weighted by atomic mass is 19.1. The van der Waals surface area contributed by atoms with Crippen LogP contribution >= 0.6 is 0 Å². The molecule has 2 saturated heterocycles. The monoisotopic (exact) mass is 720 g/mol. The molecule has 14 heteroatoms. The molecular formula is C38H50F2N8O4. The predicted octanol–water partition coefficient (Wildman–Crippen LogP) is 7.17. The highest BCUT2D eigenvalue weighted by Gasteiger charge is 2.36. The molecule has 0 bridgehead atoms. The van der Waals surface area contributed by atoms with E-state index in [1.165, 1.54) is 9.80 Å². The first-order chi connectivity index (χ1) is 24.3. The van der Waals surface area contributed by atoms with Crippen LogP contribution in [0.5, 0.6) is 0 Å². The number of aromatic nitrogens is 4. The average molecular weight is 721 g/mol. The second-order valence-corrected chi connectivity index (χ2v) is 15.7. The summed E-state index contributed by atoms with van der Waals surface area (Å²) in [6, 6.07) is 7.69. The maximum Gasteiger partial charge on any atom is 0.410 e. The van der Waals surface area contributed by atoms with Crippen molar-refractivity contribution >= 4 is 45.9 Å². The van der Waals surface area contributed by atoms with Crippen molar-refractivity contribution in [3.8, 4) is 0 Å². The summed E-state index contributed by atoms with van der Waals surface area (Å²) in [7, 11) is 0. The number of halogens is 2. The molecule has 2 amide bonds. The third-order valence-electron chi connectivity index (χ3n) is 9.16.